The minimum atomic E-state index is -0.452. The van der Waals surface area contributed by atoms with Gasteiger partial charge in [0.25, 0.3) is 0 Å². The van der Waals surface area contributed by atoms with Crippen LogP contribution in [0.25, 0.3) is 0 Å². The molecule has 0 bridgehead atoms. The fourth-order valence-electron chi connectivity index (χ4n) is 2.13. The van der Waals surface area contributed by atoms with Crippen LogP contribution in [0, 0.1) is 5.92 Å². The molecule has 3 N–H and O–H groups in total. The van der Waals surface area contributed by atoms with E-state index in [1.165, 1.54) is 5.56 Å². The highest BCUT2D eigenvalue weighted by Gasteiger charge is 2.08. The Labute approximate surface area is 123 Å². The molecular formula is C17H29NO2. The molecule has 3 nitrogen and oxygen atoms in total. The van der Waals surface area contributed by atoms with Crippen LogP contribution in [0.4, 0.5) is 0 Å². The first kappa shape index (κ1) is 17.2. The van der Waals surface area contributed by atoms with Gasteiger partial charge in [-0.2, -0.15) is 0 Å². The molecule has 0 spiro atoms. The van der Waals surface area contributed by atoms with Gasteiger partial charge in [-0.15, -0.1) is 0 Å². The quantitative estimate of drug-likeness (QED) is 0.609. The zero-order chi connectivity index (χ0) is 15.0. The van der Waals surface area contributed by atoms with Gasteiger partial charge < -0.3 is 15.5 Å². The van der Waals surface area contributed by atoms with Gasteiger partial charge in [0.15, 0.2) is 0 Å². The fraction of sp³-hybridized carbons (Fsp3) is 0.647. The Hall–Kier alpha value is -0.900. The Morgan fingerprint density at radius 2 is 1.65 bits per heavy atom. The minimum absolute atomic E-state index is 0.255. The van der Waals surface area contributed by atoms with Crippen molar-refractivity contribution >= 4 is 0 Å². The lowest BCUT2D eigenvalue weighted by molar-refractivity contribution is 0.174. The van der Waals surface area contributed by atoms with Crippen molar-refractivity contribution in [2.24, 2.45) is 5.92 Å². The van der Waals surface area contributed by atoms with Crippen LogP contribution in [-0.4, -0.2) is 29.9 Å². The normalized spacial score (nSPS) is 14.5. The maximum Gasteiger partial charge on any atom is 0.0914 e. The number of nitrogens with one attached hydrogen (secondary N) is 1. The Balaban J connectivity index is 2.27. The van der Waals surface area contributed by atoms with Crippen molar-refractivity contribution in [3.05, 3.63) is 35.4 Å². The Morgan fingerprint density at radius 3 is 2.20 bits per heavy atom. The number of benzene rings is 1. The molecule has 1 rings (SSSR count). The number of hydrogen-bond acceptors (Lipinski definition) is 3. The van der Waals surface area contributed by atoms with Crippen LogP contribution in [-0.2, 0) is 0 Å². The summed E-state index contributed by atoms with van der Waals surface area (Å²) in [5.41, 5.74) is 2.26. The van der Waals surface area contributed by atoms with Crippen LogP contribution in [0.1, 0.15) is 56.8 Å². The predicted molar refractivity (Wildman–Crippen MR) is 83.8 cm³/mol. The van der Waals surface area contributed by atoms with Crippen LogP contribution in [0.2, 0.25) is 0 Å². The lowest BCUT2D eigenvalue weighted by Crippen LogP contribution is -2.23. The van der Waals surface area contributed by atoms with E-state index in [0.717, 1.165) is 24.9 Å². The van der Waals surface area contributed by atoms with E-state index in [-0.39, 0.29) is 6.61 Å². The second kappa shape index (κ2) is 9.11. The van der Waals surface area contributed by atoms with Crippen molar-refractivity contribution in [1.82, 2.24) is 5.32 Å². The minimum Gasteiger partial charge on any atom is -0.396 e. The average molecular weight is 279 g/mol. The van der Waals surface area contributed by atoms with E-state index in [1.54, 1.807) is 0 Å². The summed E-state index contributed by atoms with van der Waals surface area (Å²) in [6, 6.07) is 8.20. The fourth-order valence-corrected chi connectivity index (χ4v) is 2.13. The van der Waals surface area contributed by atoms with Gasteiger partial charge in [-0.1, -0.05) is 45.0 Å². The van der Waals surface area contributed by atoms with Gasteiger partial charge >= 0.3 is 0 Å². The van der Waals surface area contributed by atoms with Gasteiger partial charge in [-0.3, -0.25) is 0 Å². The van der Waals surface area contributed by atoms with Gasteiger partial charge in [0.1, 0.15) is 0 Å². The molecule has 1 aromatic rings. The number of rotatable bonds is 9. The third-order valence-corrected chi connectivity index (χ3v) is 3.69. The molecule has 20 heavy (non-hydrogen) atoms. The van der Waals surface area contributed by atoms with E-state index in [0.29, 0.717) is 18.4 Å². The van der Waals surface area contributed by atoms with Crippen molar-refractivity contribution in [3.63, 3.8) is 0 Å². The summed E-state index contributed by atoms with van der Waals surface area (Å²) >= 11 is 0. The highest BCUT2D eigenvalue weighted by Crippen LogP contribution is 2.18. The first-order chi connectivity index (χ1) is 9.54. The molecule has 0 aromatic heterocycles. The molecule has 0 fully saturated rings. The highest BCUT2D eigenvalue weighted by atomic mass is 16.3. The first-order valence-electron chi connectivity index (χ1n) is 7.64. The maximum absolute atomic E-state index is 10.1. The first-order valence-corrected chi connectivity index (χ1v) is 7.64. The standard InChI is InChI=1S/C17H29NO2/c1-13(2)15-6-8-16(9-7-15)17(20)11-18-10-4-5-14(3)12-19/h6-9,13-14,17-20H,4-5,10-12H2,1-3H3. The van der Waals surface area contributed by atoms with Crippen molar-refractivity contribution in [2.75, 3.05) is 19.7 Å². The molecule has 0 aliphatic rings. The molecule has 0 saturated heterocycles. The van der Waals surface area contributed by atoms with E-state index >= 15 is 0 Å². The molecular weight excluding hydrogens is 250 g/mol. The van der Waals surface area contributed by atoms with Crippen LogP contribution < -0.4 is 5.32 Å². The van der Waals surface area contributed by atoms with E-state index < -0.39 is 6.10 Å². The summed E-state index contributed by atoms with van der Waals surface area (Å²) in [6.07, 6.45) is 1.59. The van der Waals surface area contributed by atoms with Gasteiger partial charge in [-0.05, 0) is 42.3 Å². The van der Waals surface area contributed by atoms with Crippen LogP contribution >= 0.6 is 0 Å². The zero-order valence-corrected chi connectivity index (χ0v) is 13.0. The third-order valence-electron chi connectivity index (χ3n) is 3.69. The molecule has 114 valence electrons. The largest absolute Gasteiger partial charge is 0.396 e. The van der Waals surface area contributed by atoms with Gasteiger partial charge in [0.05, 0.1) is 6.10 Å². The summed E-state index contributed by atoms with van der Waals surface area (Å²) in [5, 5.41) is 22.3. The van der Waals surface area contributed by atoms with E-state index in [9.17, 15) is 5.11 Å². The monoisotopic (exact) mass is 279 g/mol. The molecule has 0 heterocycles. The summed E-state index contributed by atoms with van der Waals surface area (Å²) in [6.45, 7) is 8.09. The molecule has 0 amide bonds. The van der Waals surface area contributed by atoms with E-state index in [1.807, 2.05) is 19.1 Å². The second-order valence-electron chi connectivity index (χ2n) is 5.97. The Kier molecular flexibility index (Phi) is 7.82. The molecule has 2 atom stereocenters. The van der Waals surface area contributed by atoms with Crippen molar-refractivity contribution in [1.29, 1.82) is 0 Å². The topological polar surface area (TPSA) is 52.5 Å². The smallest absolute Gasteiger partial charge is 0.0914 e. The van der Waals surface area contributed by atoms with Crippen LogP contribution in [0.5, 0.6) is 0 Å². The highest BCUT2D eigenvalue weighted by molar-refractivity contribution is 5.26. The lowest BCUT2D eigenvalue weighted by Gasteiger charge is -2.14. The molecule has 1 aromatic carbocycles. The molecule has 0 aliphatic carbocycles. The van der Waals surface area contributed by atoms with Crippen LogP contribution in [0.15, 0.2) is 24.3 Å². The molecule has 0 aliphatic heterocycles. The third kappa shape index (κ3) is 6.04. The van der Waals surface area contributed by atoms with Crippen molar-refractivity contribution in [3.8, 4) is 0 Å². The summed E-state index contributed by atoms with van der Waals surface area (Å²) in [7, 11) is 0. The van der Waals surface area contributed by atoms with Crippen molar-refractivity contribution in [2.45, 2.75) is 45.6 Å². The molecule has 3 heteroatoms. The average Bonchev–Trinajstić information content (AvgIpc) is 2.46. The maximum atomic E-state index is 10.1. The van der Waals surface area contributed by atoms with Crippen molar-refractivity contribution < 1.29 is 10.2 Å². The van der Waals surface area contributed by atoms with Gasteiger partial charge in [-0.25, -0.2) is 0 Å². The Bertz CT molecular complexity index is 362. The summed E-state index contributed by atoms with van der Waals surface area (Å²) in [5.74, 6) is 0.887. The number of aliphatic hydroxyl groups excluding tert-OH is 2. The number of aliphatic hydroxyl groups is 2. The molecule has 2 unspecified atom stereocenters. The summed E-state index contributed by atoms with van der Waals surface area (Å²) < 4.78 is 0. The second-order valence-corrected chi connectivity index (χ2v) is 5.97. The molecule has 0 saturated carbocycles. The molecule has 0 radical (unpaired) electrons. The number of hydrogen-bond donors (Lipinski definition) is 3. The van der Waals surface area contributed by atoms with Gasteiger partial charge in [0, 0.05) is 13.2 Å². The van der Waals surface area contributed by atoms with E-state index in [2.05, 4.69) is 31.3 Å². The predicted octanol–water partition coefficient (Wildman–Crippen LogP) is 2.84. The SMILES string of the molecule is CC(CO)CCCNCC(O)c1ccc(C(C)C)cc1. The zero-order valence-electron chi connectivity index (χ0n) is 13.0. The van der Waals surface area contributed by atoms with Crippen LogP contribution in [0.3, 0.4) is 0 Å². The summed E-state index contributed by atoms with van der Waals surface area (Å²) in [4.78, 5) is 0. The van der Waals surface area contributed by atoms with Gasteiger partial charge in [0.2, 0.25) is 0 Å². The van der Waals surface area contributed by atoms with E-state index in [4.69, 9.17) is 5.11 Å². The Morgan fingerprint density at radius 1 is 1.05 bits per heavy atom. The lowest BCUT2D eigenvalue weighted by atomic mass is 10.00.